The summed E-state index contributed by atoms with van der Waals surface area (Å²) in [5.41, 5.74) is 3.44. The lowest BCUT2D eigenvalue weighted by Crippen LogP contribution is -1.96. The zero-order valence-corrected chi connectivity index (χ0v) is 17.4. The van der Waals surface area contributed by atoms with Crippen molar-refractivity contribution in [1.29, 1.82) is 0 Å². The second-order valence-electron chi connectivity index (χ2n) is 5.50. The maximum atomic E-state index is 10.5. The molecule has 0 atom stereocenters. The Kier molecular flexibility index (Phi) is 7.19. The first kappa shape index (κ1) is 20.4. The molecule has 0 radical (unpaired) electrons. The zero-order valence-electron chi connectivity index (χ0n) is 14.4. The van der Waals surface area contributed by atoms with Crippen LogP contribution in [0.2, 0.25) is 0 Å². The first-order valence-corrected chi connectivity index (χ1v) is 10.3. The van der Waals surface area contributed by atoms with Gasteiger partial charge in [-0.05, 0) is 71.0 Å². The molecule has 0 aliphatic heterocycles. The van der Waals surface area contributed by atoms with Crippen LogP contribution in [-0.2, 0) is 10.1 Å². The Balaban J connectivity index is 0.000000197. The van der Waals surface area contributed by atoms with Gasteiger partial charge in [-0.15, -0.1) is 0 Å². The molecule has 3 aromatic carbocycles. The van der Waals surface area contributed by atoms with Gasteiger partial charge < -0.3 is 4.74 Å². The van der Waals surface area contributed by atoms with Crippen LogP contribution >= 0.6 is 22.6 Å². The molecule has 0 saturated heterocycles. The average Bonchev–Trinajstić information content (AvgIpc) is 2.62. The van der Waals surface area contributed by atoms with Gasteiger partial charge in [-0.3, -0.25) is 4.55 Å². The largest absolute Gasteiger partial charge is 0.497 e. The molecule has 0 fully saturated rings. The number of hydrogen-bond acceptors (Lipinski definition) is 3. The van der Waals surface area contributed by atoms with E-state index in [1.54, 1.807) is 19.2 Å². The Labute approximate surface area is 167 Å². The summed E-state index contributed by atoms with van der Waals surface area (Å²) in [5, 5.41) is 0. The smallest absolute Gasteiger partial charge is 0.294 e. The number of rotatable bonds is 3. The van der Waals surface area contributed by atoms with Gasteiger partial charge in [-0.2, -0.15) is 8.42 Å². The number of hydrogen-bond donors (Lipinski definition) is 1. The van der Waals surface area contributed by atoms with Crippen LogP contribution in [0.3, 0.4) is 0 Å². The maximum Gasteiger partial charge on any atom is 0.294 e. The number of benzene rings is 3. The third-order valence-corrected chi connectivity index (χ3v) is 5.40. The number of ether oxygens (including phenoxy) is 1. The highest BCUT2D eigenvalue weighted by atomic mass is 127. The van der Waals surface area contributed by atoms with E-state index in [0.29, 0.717) is 0 Å². The molecule has 4 nitrogen and oxygen atoms in total. The van der Waals surface area contributed by atoms with Crippen molar-refractivity contribution in [3.63, 3.8) is 0 Å². The third-order valence-electron chi connectivity index (χ3n) is 3.59. The van der Waals surface area contributed by atoms with Crippen molar-refractivity contribution in [2.45, 2.75) is 11.8 Å². The molecule has 1 N–H and O–H groups in total. The van der Waals surface area contributed by atoms with Crippen molar-refractivity contribution < 1.29 is 17.7 Å². The second-order valence-corrected chi connectivity index (χ2v) is 8.08. The predicted molar refractivity (Wildman–Crippen MR) is 112 cm³/mol. The fourth-order valence-corrected chi connectivity index (χ4v) is 3.35. The van der Waals surface area contributed by atoms with Gasteiger partial charge in [0, 0.05) is 3.57 Å². The van der Waals surface area contributed by atoms with Gasteiger partial charge >= 0.3 is 0 Å². The van der Waals surface area contributed by atoms with Crippen molar-refractivity contribution in [2.24, 2.45) is 0 Å². The van der Waals surface area contributed by atoms with Gasteiger partial charge in [-0.25, -0.2) is 0 Å². The van der Waals surface area contributed by atoms with E-state index >= 15 is 0 Å². The van der Waals surface area contributed by atoms with E-state index in [4.69, 9.17) is 9.29 Å². The number of halogens is 1. The van der Waals surface area contributed by atoms with E-state index in [1.165, 1.54) is 26.8 Å². The van der Waals surface area contributed by atoms with Gasteiger partial charge in [0.1, 0.15) is 5.75 Å². The van der Waals surface area contributed by atoms with Crippen LogP contribution in [0.5, 0.6) is 5.75 Å². The normalized spacial score (nSPS) is 10.6. The van der Waals surface area contributed by atoms with E-state index in [-0.39, 0.29) is 4.90 Å². The molecule has 0 unspecified atom stereocenters. The minimum absolute atomic E-state index is 0.0666. The van der Waals surface area contributed by atoms with Gasteiger partial charge in [0.15, 0.2) is 0 Å². The Morgan fingerprint density at radius 2 is 1.46 bits per heavy atom. The first-order chi connectivity index (χ1) is 12.3. The van der Waals surface area contributed by atoms with Crippen LogP contribution in [0.15, 0.2) is 77.7 Å². The van der Waals surface area contributed by atoms with E-state index in [2.05, 4.69) is 59.0 Å². The number of methoxy groups -OCH3 is 1. The summed E-state index contributed by atoms with van der Waals surface area (Å²) in [6, 6.07) is 22.5. The van der Waals surface area contributed by atoms with Crippen LogP contribution in [-0.4, -0.2) is 20.1 Å². The third kappa shape index (κ3) is 5.82. The highest BCUT2D eigenvalue weighted by Gasteiger charge is 2.06. The van der Waals surface area contributed by atoms with Gasteiger partial charge in [0.2, 0.25) is 0 Å². The average molecular weight is 482 g/mol. The Morgan fingerprint density at radius 1 is 0.885 bits per heavy atom. The van der Waals surface area contributed by atoms with Crippen molar-refractivity contribution in [1.82, 2.24) is 0 Å². The highest BCUT2D eigenvalue weighted by molar-refractivity contribution is 14.1. The minimum atomic E-state index is -4.02. The lowest BCUT2D eigenvalue weighted by atomic mass is 10.1. The van der Waals surface area contributed by atoms with Crippen molar-refractivity contribution in [3.05, 3.63) is 81.9 Å². The van der Waals surface area contributed by atoms with Crippen LogP contribution in [0.1, 0.15) is 5.56 Å². The Bertz CT molecular complexity index is 950. The molecule has 0 bridgehead atoms. The maximum absolute atomic E-state index is 10.5. The van der Waals surface area contributed by atoms with Gasteiger partial charge in [0.05, 0.1) is 12.0 Å². The molecule has 0 amide bonds. The van der Waals surface area contributed by atoms with Crippen LogP contribution in [0.4, 0.5) is 0 Å². The molecular formula is C20H19IO4S. The standard InChI is InChI=1S/C13H11IO.C7H8O3S/c1-15-11-8-6-10(7-9-11)12-4-2-3-5-13(12)14;1-6-2-4-7(5-3-6)11(8,9)10/h2-9H,1H3;2-5H,1H3,(H,8,9,10). The fourth-order valence-electron chi connectivity index (χ4n) is 2.18. The molecule has 0 aliphatic rings. The van der Waals surface area contributed by atoms with Crippen LogP contribution < -0.4 is 4.74 Å². The Morgan fingerprint density at radius 3 is 1.96 bits per heavy atom. The minimum Gasteiger partial charge on any atom is -0.497 e. The van der Waals surface area contributed by atoms with Crippen molar-refractivity contribution in [2.75, 3.05) is 7.11 Å². The lowest BCUT2D eigenvalue weighted by molar-refractivity contribution is 0.415. The summed E-state index contributed by atoms with van der Waals surface area (Å²) in [6.07, 6.45) is 0. The van der Waals surface area contributed by atoms with Gasteiger partial charge in [-0.1, -0.05) is 48.0 Å². The summed E-state index contributed by atoms with van der Waals surface area (Å²) in [6.45, 7) is 1.84. The molecule has 0 saturated carbocycles. The van der Waals surface area contributed by atoms with E-state index in [1.807, 2.05) is 19.1 Å². The summed E-state index contributed by atoms with van der Waals surface area (Å²) in [4.78, 5) is -0.0666. The molecule has 3 aromatic rings. The molecule has 3 rings (SSSR count). The van der Waals surface area contributed by atoms with Crippen molar-refractivity contribution >= 4 is 32.7 Å². The molecule has 0 spiro atoms. The summed E-state index contributed by atoms with van der Waals surface area (Å²) in [7, 11) is -2.34. The van der Waals surface area contributed by atoms with Gasteiger partial charge in [0.25, 0.3) is 10.1 Å². The molecule has 0 aliphatic carbocycles. The topological polar surface area (TPSA) is 63.6 Å². The summed E-state index contributed by atoms with van der Waals surface area (Å²) in [5.74, 6) is 0.893. The van der Waals surface area contributed by atoms with E-state index in [0.717, 1.165) is 11.3 Å². The van der Waals surface area contributed by atoms with Crippen LogP contribution in [0.25, 0.3) is 11.1 Å². The zero-order chi connectivity index (χ0) is 19.2. The lowest BCUT2D eigenvalue weighted by Gasteiger charge is -2.05. The van der Waals surface area contributed by atoms with E-state index < -0.39 is 10.1 Å². The highest BCUT2D eigenvalue weighted by Crippen LogP contribution is 2.26. The fraction of sp³-hybridized carbons (Fsp3) is 0.100. The summed E-state index contributed by atoms with van der Waals surface area (Å²) >= 11 is 2.35. The molecule has 0 heterocycles. The predicted octanol–water partition coefficient (Wildman–Crippen LogP) is 5.21. The van der Waals surface area contributed by atoms with E-state index in [9.17, 15) is 8.42 Å². The first-order valence-electron chi connectivity index (χ1n) is 7.74. The van der Waals surface area contributed by atoms with Crippen LogP contribution in [0, 0.1) is 10.5 Å². The molecule has 6 heteroatoms. The molecule has 26 heavy (non-hydrogen) atoms. The SMILES string of the molecule is COc1ccc(-c2ccccc2I)cc1.Cc1ccc(S(=O)(=O)O)cc1. The molecule has 136 valence electrons. The molecular weight excluding hydrogens is 463 g/mol. The summed E-state index contributed by atoms with van der Waals surface area (Å²) < 4.78 is 35.9. The van der Waals surface area contributed by atoms with Crippen molar-refractivity contribution in [3.8, 4) is 16.9 Å². The second kappa shape index (κ2) is 9.16. The number of aryl methyl sites for hydroxylation is 1. The monoisotopic (exact) mass is 482 g/mol. The Hall–Kier alpha value is -1.90. The molecule has 0 aromatic heterocycles. The quantitative estimate of drug-likeness (QED) is 0.412.